The second-order valence-electron chi connectivity index (χ2n) is 4.31. The zero-order valence-electron chi connectivity index (χ0n) is 11.1. The fourth-order valence-corrected chi connectivity index (χ4v) is 2.43. The van der Waals surface area contributed by atoms with Gasteiger partial charge < -0.3 is 10.1 Å². The van der Waals surface area contributed by atoms with Crippen molar-refractivity contribution in [3.8, 4) is 0 Å². The number of rotatable bonds is 4. The number of hydrogen-bond acceptors (Lipinski definition) is 3. The fraction of sp³-hybridized carbons (Fsp3) is 0.133. The molecule has 2 aromatic rings. The van der Waals surface area contributed by atoms with Crippen molar-refractivity contribution in [3.63, 3.8) is 0 Å². The van der Waals surface area contributed by atoms with Gasteiger partial charge in [0.2, 0.25) is 0 Å². The molecule has 6 heteroatoms. The number of halogens is 3. The molecular formula is C15H12Cl2FNO2. The molecule has 2 rings (SSSR count). The molecule has 0 aliphatic carbocycles. The van der Waals surface area contributed by atoms with E-state index in [0.717, 1.165) is 5.56 Å². The second-order valence-corrected chi connectivity index (χ2v) is 5.19. The van der Waals surface area contributed by atoms with Gasteiger partial charge >= 0.3 is 5.97 Å². The molecule has 0 radical (unpaired) electrons. The van der Waals surface area contributed by atoms with Crippen molar-refractivity contribution in [2.75, 3.05) is 12.4 Å². The highest BCUT2D eigenvalue weighted by Gasteiger charge is 2.12. The Morgan fingerprint density at radius 2 is 1.86 bits per heavy atom. The monoisotopic (exact) mass is 327 g/mol. The van der Waals surface area contributed by atoms with Crippen LogP contribution in [0.2, 0.25) is 10.0 Å². The Balaban J connectivity index is 2.22. The molecule has 0 saturated heterocycles. The molecule has 0 amide bonds. The maximum absolute atomic E-state index is 13.3. The number of nitrogens with one attached hydrogen (secondary N) is 1. The lowest BCUT2D eigenvalue weighted by Crippen LogP contribution is -2.08. The number of hydrogen-bond donors (Lipinski definition) is 1. The highest BCUT2D eigenvalue weighted by atomic mass is 35.5. The number of anilines is 1. The molecule has 1 N–H and O–H groups in total. The summed E-state index contributed by atoms with van der Waals surface area (Å²) < 4.78 is 18.0. The summed E-state index contributed by atoms with van der Waals surface area (Å²) in [5.41, 5.74) is 1.41. The largest absolute Gasteiger partial charge is 0.465 e. The van der Waals surface area contributed by atoms with Crippen molar-refractivity contribution in [1.29, 1.82) is 0 Å². The average molecular weight is 328 g/mol. The Bertz CT molecular complexity index is 656. The molecule has 0 fully saturated rings. The third kappa shape index (κ3) is 4.09. The van der Waals surface area contributed by atoms with Crippen LogP contribution in [0.3, 0.4) is 0 Å². The van der Waals surface area contributed by atoms with Crippen molar-refractivity contribution in [1.82, 2.24) is 0 Å². The first kappa shape index (κ1) is 15.6. The molecule has 0 heterocycles. The molecule has 3 nitrogen and oxygen atoms in total. The minimum Gasteiger partial charge on any atom is -0.465 e. The minimum atomic E-state index is -0.540. The summed E-state index contributed by atoms with van der Waals surface area (Å²) in [4.78, 5) is 11.6. The first-order chi connectivity index (χ1) is 9.99. The van der Waals surface area contributed by atoms with Gasteiger partial charge in [0.25, 0.3) is 0 Å². The van der Waals surface area contributed by atoms with Crippen LogP contribution in [0.15, 0.2) is 36.4 Å². The molecule has 0 spiro atoms. The number of carbonyl (C=O) groups is 1. The van der Waals surface area contributed by atoms with Crippen LogP contribution in [-0.2, 0) is 11.3 Å². The van der Waals surface area contributed by atoms with Crippen LogP contribution in [0.5, 0.6) is 0 Å². The molecule has 0 saturated carbocycles. The van der Waals surface area contributed by atoms with Crippen LogP contribution in [-0.4, -0.2) is 13.1 Å². The van der Waals surface area contributed by atoms with E-state index in [-0.39, 0.29) is 5.56 Å². The molecule has 0 atom stereocenters. The van der Waals surface area contributed by atoms with E-state index in [2.05, 4.69) is 10.1 Å². The van der Waals surface area contributed by atoms with E-state index in [9.17, 15) is 9.18 Å². The van der Waals surface area contributed by atoms with Crippen LogP contribution >= 0.6 is 23.2 Å². The SMILES string of the molecule is COC(=O)c1ccc(F)cc1NCc1cc(Cl)cc(Cl)c1. The van der Waals surface area contributed by atoms with Gasteiger partial charge in [-0.25, -0.2) is 9.18 Å². The van der Waals surface area contributed by atoms with Gasteiger partial charge in [-0.15, -0.1) is 0 Å². The quantitative estimate of drug-likeness (QED) is 0.838. The summed E-state index contributed by atoms with van der Waals surface area (Å²) in [6, 6.07) is 8.89. The van der Waals surface area contributed by atoms with E-state index in [0.29, 0.717) is 22.3 Å². The summed E-state index contributed by atoms with van der Waals surface area (Å²) in [5, 5.41) is 3.99. The number of methoxy groups -OCH3 is 1. The van der Waals surface area contributed by atoms with Gasteiger partial charge in [-0.3, -0.25) is 0 Å². The predicted octanol–water partition coefficient (Wildman–Crippen LogP) is 4.53. The summed E-state index contributed by atoms with van der Waals surface area (Å²) in [6.07, 6.45) is 0. The molecule has 110 valence electrons. The first-order valence-corrected chi connectivity index (χ1v) is 6.82. The van der Waals surface area contributed by atoms with Crippen LogP contribution < -0.4 is 5.32 Å². The smallest absolute Gasteiger partial charge is 0.339 e. The number of benzene rings is 2. The van der Waals surface area contributed by atoms with Crippen molar-refractivity contribution in [2.24, 2.45) is 0 Å². The van der Waals surface area contributed by atoms with E-state index >= 15 is 0 Å². The third-order valence-electron chi connectivity index (χ3n) is 2.79. The van der Waals surface area contributed by atoms with E-state index < -0.39 is 11.8 Å². The van der Waals surface area contributed by atoms with Crippen LogP contribution in [0.4, 0.5) is 10.1 Å². The Hall–Kier alpha value is -1.78. The Morgan fingerprint density at radius 1 is 1.19 bits per heavy atom. The third-order valence-corrected chi connectivity index (χ3v) is 3.23. The lowest BCUT2D eigenvalue weighted by atomic mass is 10.1. The fourth-order valence-electron chi connectivity index (χ4n) is 1.86. The molecular weight excluding hydrogens is 316 g/mol. The lowest BCUT2D eigenvalue weighted by Gasteiger charge is -2.11. The minimum absolute atomic E-state index is 0.257. The first-order valence-electron chi connectivity index (χ1n) is 6.06. The molecule has 0 bridgehead atoms. The van der Waals surface area contributed by atoms with Crippen molar-refractivity contribution < 1.29 is 13.9 Å². The summed E-state index contributed by atoms with van der Waals surface area (Å²) in [6.45, 7) is 0.341. The predicted molar refractivity (Wildman–Crippen MR) is 81.5 cm³/mol. The van der Waals surface area contributed by atoms with E-state index in [1.807, 2.05) is 0 Å². The van der Waals surface area contributed by atoms with Gasteiger partial charge in [0.1, 0.15) is 5.82 Å². The zero-order valence-corrected chi connectivity index (χ0v) is 12.6. The zero-order chi connectivity index (χ0) is 15.4. The molecule has 21 heavy (non-hydrogen) atoms. The van der Waals surface area contributed by atoms with E-state index in [4.69, 9.17) is 23.2 Å². The van der Waals surface area contributed by atoms with E-state index in [1.54, 1.807) is 18.2 Å². The van der Waals surface area contributed by atoms with Gasteiger partial charge in [0.15, 0.2) is 0 Å². The van der Waals surface area contributed by atoms with Gasteiger partial charge in [-0.05, 0) is 42.0 Å². The van der Waals surface area contributed by atoms with Gasteiger partial charge in [0, 0.05) is 16.6 Å². The standard InChI is InChI=1S/C15H12Cl2FNO2/c1-21-15(20)13-3-2-12(18)7-14(13)19-8-9-4-10(16)6-11(17)5-9/h2-7,19H,8H2,1H3. The maximum atomic E-state index is 13.3. The number of carbonyl (C=O) groups excluding carboxylic acids is 1. The maximum Gasteiger partial charge on any atom is 0.339 e. The lowest BCUT2D eigenvalue weighted by molar-refractivity contribution is 0.0602. The molecule has 2 aromatic carbocycles. The summed E-state index contributed by atoms with van der Waals surface area (Å²) >= 11 is 11.8. The van der Waals surface area contributed by atoms with Gasteiger partial charge in [-0.1, -0.05) is 23.2 Å². The highest BCUT2D eigenvalue weighted by Crippen LogP contribution is 2.22. The highest BCUT2D eigenvalue weighted by molar-refractivity contribution is 6.34. The molecule has 0 aliphatic heterocycles. The van der Waals surface area contributed by atoms with Crippen LogP contribution in [0, 0.1) is 5.82 Å². The Morgan fingerprint density at radius 3 is 2.48 bits per heavy atom. The van der Waals surface area contributed by atoms with Crippen LogP contribution in [0.1, 0.15) is 15.9 Å². The second kappa shape index (κ2) is 6.78. The van der Waals surface area contributed by atoms with Crippen molar-refractivity contribution >= 4 is 34.9 Å². The van der Waals surface area contributed by atoms with Gasteiger partial charge in [-0.2, -0.15) is 0 Å². The molecule has 0 aliphatic rings. The molecule has 0 unspecified atom stereocenters. The number of esters is 1. The topological polar surface area (TPSA) is 38.3 Å². The van der Waals surface area contributed by atoms with E-state index in [1.165, 1.54) is 25.3 Å². The van der Waals surface area contributed by atoms with Crippen molar-refractivity contribution in [2.45, 2.75) is 6.54 Å². The number of ether oxygens (including phenoxy) is 1. The summed E-state index contributed by atoms with van der Waals surface area (Å²) in [7, 11) is 1.27. The summed E-state index contributed by atoms with van der Waals surface area (Å²) in [5.74, 6) is -0.990. The molecule has 0 aromatic heterocycles. The van der Waals surface area contributed by atoms with Crippen molar-refractivity contribution in [3.05, 3.63) is 63.4 Å². The Labute approximate surface area is 131 Å². The normalized spacial score (nSPS) is 10.3. The van der Waals surface area contributed by atoms with Gasteiger partial charge in [0.05, 0.1) is 18.4 Å². The Kier molecular flexibility index (Phi) is 5.04. The average Bonchev–Trinajstić information content (AvgIpc) is 2.43. The van der Waals surface area contributed by atoms with Crippen LogP contribution in [0.25, 0.3) is 0 Å².